The van der Waals surface area contributed by atoms with Gasteiger partial charge in [0.05, 0.1) is 32.4 Å². The third-order valence-electron chi connectivity index (χ3n) is 3.45. The second kappa shape index (κ2) is 8.37. The Morgan fingerprint density at radius 1 is 1.15 bits per heavy atom. The quantitative estimate of drug-likeness (QED) is 0.630. The van der Waals surface area contributed by atoms with Crippen molar-refractivity contribution < 1.29 is 27.4 Å². The first-order valence-corrected chi connectivity index (χ1v) is 7.53. The molecule has 0 aliphatic heterocycles. The number of rotatable bonds is 6. The van der Waals surface area contributed by atoms with Gasteiger partial charge in [-0.1, -0.05) is 18.2 Å². The number of hydrazone groups is 1. The van der Waals surface area contributed by atoms with Crippen molar-refractivity contribution in [2.45, 2.75) is 12.6 Å². The van der Waals surface area contributed by atoms with Gasteiger partial charge in [0.1, 0.15) is 11.5 Å². The number of alkyl halides is 3. The molecule has 2 aromatic rings. The number of carbonyl (C=O) groups is 1. The minimum Gasteiger partial charge on any atom is -0.497 e. The molecule has 0 aromatic heterocycles. The molecule has 0 bridgehead atoms. The molecule has 0 heterocycles. The van der Waals surface area contributed by atoms with Gasteiger partial charge >= 0.3 is 6.18 Å². The fourth-order valence-corrected chi connectivity index (χ4v) is 2.18. The maximum atomic E-state index is 12.7. The lowest BCUT2D eigenvalue weighted by Crippen LogP contribution is -2.20. The Morgan fingerprint density at radius 2 is 1.92 bits per heavy atom. The highest BCUT2D eigenvalue weighted by Crippen LogP contribution is 2.29. The number of amides is 1. The van der Waals surface area contributed by atoms with E-state index in [0.717, 1.165) is 12.1 Å². The topological polar surface area (TPSA) is 59.9 Å². The summed E-state index contributed by atoms with van der Waals surface area (Å²) in [6, 6.07) is 9.66. The van der Waals surface area contributed by atoms with E-state index < -0.39 is 17.6 Å². The van der Waals surface area contributed by atoms with Gasteiger partial charge in [-0.2, -0.15) is 18.3 Å². The van der Waals surface area contributed by atoms with Crippen LogP contribution in [0.25, 0.3) is 0 Å². The molecule has 0 saturated carbocycles. The fourth-order valence-electron chi connectivity index (χ4n) is 2.18. The van der Waals surface area contributed by atoms with E-state index in [1.165, 1.54) is 32.6 Å². The summed E-state index contributed by atoms with van der Waals surface area (Å²) in [7, 11) is 3.01. The zero-order chi connectivity index (χ0) is 19.2. The van der Waals surface area contributed by atoms with Gasteiger partial charge in [0.15, 0.2) is 0 Å². The number of benzene rings is 2. The molecule has 0 aliphatic rings. The number of hydrogen-bond donors (Lipinski definition) is 1. The summed E-state index contributed by atoms with van der Waals surface area (Å²) in [5, 5.41) is 3.81. The molecule has 0 fully saturated rings. The summed E-state index contributed by atoms with van der Waals surface area (Å²) in [4.78, 5) is 11.9. The molecule has 1 amide bonds. The van der Waals surface area contributed by atoms with Crippen LogP contribution in [0.15, 0.2) is 47.6 Å². The van der Waals surface area contributed by atoms with Crippen molar-refractivity contribution in [3.8, 4) is 11.5 Å². The number of hydrogen-bond acceptors (Lipinski definition) is 4. The summed E-state index contributed by atoms with van der Waals surface area (Å²) in [6.45, 7) is 0. The minimum atomic E-state index is -4.45. The average Bonchev–Trinajstić information content (AvgIpc) is 2.61. The molecule has 0 saturated heterocycles. The second-order valence-corrected chi connectivity index (χ2v) is 5.28. The van der Waals surface area contributed by atoms with E-state index >= 15 is 0 Å². The number of nitrogens with zero attached hydrogens (tertiary/aromatic N) is 1. The summed E-state index contributed by atoms with van der Waals surface area (Å²) >= 11 is 0. The van der Waals surface area contributed by atoms with Crippen LogP contribution in [-0.4, -0.2) is 26.3 Å². The maximum absolute atomic E-state index is 12.7. The van der Waals surface area contributed by atoms with Gasteiger partial charge < -0.3 is 9.47 Å². The van der Waals surface area contributed by atoms with Gasteiger partial charge in [-0.25, -0.2) is 5.43 Å². The summed E-state index contributed by atoms with van der Waals surface area (Å²) in [6.07, 6.45) is -3.29. The van der Waals surface area contributed by atoms with Crippen molar-refractivity contribution in [3.05, 3.63) is 59.2 Å². The molecule has 0 aliphatic carbocycles. The van der Waals surface area contributed by atoms with Crippen LogP contribution in [0.1, 0.15) is 16.7 Å². The van der Waals surface area contributed by atoms with Crippen LogP contribution in [0, 0.1) is 0 Å². The lowest BCUT2D eigenvalue weighted by molar-refractivity contribution is -0.137. The molecule has 2 aromatic carbocycles. The number of ether oxygens (including phenoxy) is 2. The van der Waals surface area contributed by atoms with E-state index in [1.807, 2.05) is 0 Å². The highest BCUT2D eigenvalue weighted by Gasteiger charge is 2.30. The maximum Gasteiger partial charge on any atom is 0.416 e. The monoisotopic (exact) mass is 366 g/mol. The molecule has 138 valence electrons. The van der Waals surface area contributed by atoms with Crippen LogP contribution in [0.5, 0.6) is 11.5 Å². The van der Waals surface area contributed by atoms with Crippen LogP contribution >= 0.6 is 0 Å². The molecule has 5 nitrogen and oxygen atoms in total. The molecule has 26 heavy (non-hydrogen) atoms. The Morgan fingerprint density at radius 3 is 2.58 bits per heavy atom. The Balaban J connectivity index is 2.00. The van der Waals surface area contributed by atoms with E-state index in [9.17, 15) is 18.0 Å². The Bertz CT molecular complexity index is 805. The SMILES string of the molecule is COc1ccc(/C=N\NC(=O)Cc2cccc(C(F)(F)F)c2)c(OC)c1. The molecule has 0 radical (unpaired) electrons. The van der Waals surface area contributed by atoms with Crippen LogP contribution < -0.4 is 14.9 Å². The molecule has 2 rings (SSSR count). The van der Waals surface area contributed by atoms with Gasteiger partial charge in [-0.05, 0) is 23.8 Å². The van der Waals surface area contributed by atoms with Crippen LogP contribution in [-0.2, 0) is 17.4 Å². The molecule has 0 spiro atoms. The van der Waals surface area contributed by atoms with Crippen molar-refractivity contribution in [1.82, 2.24) is 5.43 Å². The van der Waals surface area contributed by atoms with Gasteiger partial charge in [0.25, 0.3) is 0 Å². The summed E-state index contributed by atoms with van der Waals surface area (Å²) < 4.78 is 48.3. The molecular weight excluding hydrogens is 349 g/mol. The highest BCUT2D eigenvalue weighted by molar-refractivity contribution is 5.86. The lowest BCUT2D eigenvalue weighted by Gasteiger charge is -2.08. The smallest absolute Gasteiger partial charge is 0.416 e. The first kappa shape index (κ1) is 19.3. The second-order valence-electron chi connectivity index (χ2n) is 5.28. The zero-order valence-corrected chi connectivity index (χ0v) is 14.1. The predicted molar refractivity (Wildman–Crippen MR) is 90.4 cm³/mol. The van der Waals surface area contributed by atoms with Gasteiger partial charge in [0.2, 0.25) is 5.91 Å². The van der Waals surface area contributed by atoms with E-state index in [4.69, 9.17) is 9.47 Å². The first-order valence-electron chi connectivity index (χ1n) is 7.53. The number of halogens is 3. The average molecular weight is 366 g/mol. The third-order valence-corrected chi connectivity index (χ3v) is 3.45. The largest absolute Gasteiger partial charge is 0.497 e. The van der Waals surface area contributed by atoms with E-state index in [2.05, 4.69) is 10.5 Å². The summed E-state index contributed by atoms with van der Waals surface area (Å²) in [5.41, 5.74) is 2.33. The van der Waals surface area contributed by atoms with E-state index in [0.29, 0.717) is 17.1 Å². The molecular formula is C18H17F3N2O3. The highest BCUT2D eigenvalue weighted by atomic mass is 19.4. The van der Waals surface area contributed by atoms with Crippen molar-refractivity contribution in [2.24, 2.45) is 5.10 Å². The first-order chi connectivity index (χ1) is 12.3. The Labute approximate surface area is 148 Å². The standard InChI is InChI=1S/C18H17F3N2O3/c1-25-15-7-6-13(16(10-15)26-2)11-22-23-17(24)9-12-4-3-5-14(8-12)18(19,20)21/h3-8,10-11H,9H2,1-2H3,(H,23,24)/b22-11-. The molecule has 0 atom stereocenters. The zero-order valence-electron chi connectivity index (χ0n) is 14.1. The Kier molecular flexibility index (Phi) is 6.21. The van der Waals surface area contributed by atoms with Crippen molar-refractivity contribution >= 4 is 12.1 Å². The van der Waals surface area contributed by atoms with Crippen LogP contribution in [0.4, 0.5) is 13.2 Å². The van der Waals surface area contributed by atoms with Crippen molar-refractivity contribution in [1.29, 1.82) is 0 Å². The number of nitrogens with one attached hydrogen (secondary N) is 1. The van der Waals surface area contributed by atoms with Gasteiger partial charge in [0, 0.05) is 11.6 Å². The number of carbonyl (C=O) groups excluding carboxylic acids is 1. The van der Waals surface area contributed by atoms with Crippen LogP contribution in [0.2, 0.25) is 0 Å². The Hall–Kier alpha value is -3.03. The van der Waals surface area contributed by atoms with Crippen molar-refractivity contribution in [2.75, 3.05) is 14.2 Å². The van der Waals surface area contributed by atoms with Gasteiger partial charge in [-0.15, -0.1) is 0 Å². The summed E-state index contributed by atoms with van der Waals surface area (Å²) in [5.74, 6) is 0.570. The van der Waals surface area contributed by atoms with Crippen molar-refractivity contribution in [3.63, 3.8) is 0 Å². The molecule has 1 N–H and O–H groups in total. The van der Waals surface area contributed by atoms with Gasteiger partial charge in [-0.3, -0.25) is 4.79 Å². The normalized spacial score (nSPS) is 11.4. The predicted octanol–water partition coefficient (Wildman–Crippen LogP) is 3.42. The molecule has 0 unspecified atom stereocenters. The fraction of sp³-hybridized carbons (Fsp3) is 0.222. The minimum absolute atomic E-state index is 0.221. The van der Waals surface area contributed by atoms with E-state index in [-0.39, 0.29) is 12.0 Å². The molecule has 8 heteroatoms. The third kappa shape index (κ3) is 5.23. The van der Waals surface area contributed by atoms with Crippen LogP contribution in [0.3, 0.4) is 0 Å². The van der Waals surface area contributed by atoms with E-state index in [1.54, 1.807) is 18.2 Å². The lowest BCUT2D eigenvalue weighted by atomic mass is 10.1. The number of methoxy groups -OCH3 is 2.